The first-order valence-electron chi connectivity index (χ1n) is 9.28. The lowest BCUT2D eigenvalue weighted by atomic mass is 9.92. The lowest BCUT2D eigenvalue weighted by molar-refractivity contribution is -0.135. The molecule has 1 aliphatic rings. The quantitative estimate of drug-likeness (QED) is 0.784. The minimum absolute atomic E-state index is 0.229. The van der Waals surface area contributed by atoms with Crippen molar-refractivity contribution >= 4 is 17.8 Å². The summed E-state index contributed by atoms with van der Waals surface area (Å²) in [5, 5.41) is 5.57. The van der Waals surface area contributed by atoms with Crippen LogP contribution in [0.2, 0.25) is 0 Å². The number of nitrogens with one attached hydrogen (secondary N) is 2. The molecule has 2 N–H and O–H groups in total. The van der Waals surface area contributed by atoms with Gasteiger partial charge in [0.1, 0.15) is 12.1 Å². The Hall–Kier alpha value is -3.15. The third-order valence-corrected chi connectivity index (χ3v) is 5.34. The van der Waals surface area contributed by atoms with Gasteiger partial charge in [0.15, 0.2) is 0 Å². The molecule has 4 amide bonds. The fraction of sp³-hybridized carbons (Fsp3) is 0.318. The number of amides is 4. The molecule has 0 saturated carbocycles. The summed E-state index contributed by atoms with van der Waals surface area (Å²) < 4.78 is 0. The molecular weight excluding hydrogens is 354 g/mol. The molecule has 0 unspecified atom stereocenters. The second-order valence-corrected chi connectivity index (χ2v) is 7.45. The number of urea groups is 1. The van der Waals surface area contributed by atoms with Crippen molar-refractivity contribution in [3.8, 4) is 0 Å². The van der Waals surface area contributed by atoms with Gasteiger partial charge < -0.3 is 10.6 Å². The smallest absolute Gasteiger partial charge is 0.325 e. The molecule has 28 heavy (non-hydrogen) atoms. The number of hydrogen-bond acceptors (Lipinski definition) is 3. The van der Waals surface area contributed by atoms with Gasteiger partial charge in [-0.3, -0.25) is 14.5 Å². The Morgan fingerprint density at radius 3 is 2.43 bits per heavy atom. The van der Waals surface area contributed by atoms with Gasteiger partial charge >= 0.3 is 6.03 Å². The van der Waals surface area contributed by atoms with Crippen molar-refractivity contribution in [2.75, 3.05) is 6.54 Å². The lowest BCUT2D eigenvalue weighted by Gasteiger charge is -2.22. The summed E-state index contributed by atoms with van der Waals surface area (Å²) in [6.07, 6.45) is 0. The zero-order valence-corrected chi connectivity index (χ0v) is 16.6. The molecule has 6 nitrogen and oxygen atoms in total. The lowest BCUT2D eigenvalue weighted by Crippen LogP contribution is -2.43. The van der Waals surface area contributed by atoms with E-state index in [0.29, 0.717) is 5.56 Å². The zero-order chi connectivity index (χ0) is 20.5. The van der Waals surface area contributed by atoms with Gasteiger partial charge in [0.05, 0.1) is 6.04 Å². The van der Waals surface area contributed by atoms with E-state index in [4.69, 9.17) is 0 Å². The molecule has 0 bridgehead atoms. The number of imide groups is 1. The molecule has 3 rings (SSSR count). The topological polar surface area (TPSA) is 78.5 Å². The molecule has 1 fully saturated rings. The standard InChI is InChI=1S/C22H25N3O3/c1-14-10-11-17(12-15(14)2)16(3)23-19(26)13-25-20(27)22(4,24-21(25)28)18-8-6-5-7-9-18/h5-12,16H,13H2,1-4H3,(H,23,26)(H,24,28)/t16-,22+/m1/s1. The summed E-state index contributed by atoms with van der Waals surface area (Å²) in [5.74, 6) is -0.816. The van der Waals surface area contributed by atoms with Crippen molar-refractivity contribution in [2.45, 2.75) is 39.3 Å². The van der Waals surface area contributed by atoms with Crippen LogP contribution >= 0.6 is 0 Å². The van der Waals surface area contributed by atoms with E-state index in [2.05, 4.69) is 10.6 Å². The molecule has 2 atom stereocenters. The largest absolute Gasteiger partial charge is 0.348 e. The number of aryl methyl sites for hydroxylation is 2. The van der Waals surface area contributed by atoms with Crippen molar-refractivity contribution < 1.29 is 14.4 Å². The van der Waals surface area contributed by atoms with Gasteiger partial charge in [0.2, 0.25) is 5.91 Å². The van der Waals surface area contributed by atoms with E-state index in [0.717, 1.165) is 16.0 Å². The summed E-state index contributed by atoms with van der Waals surface area (Å²) in [4.78, 5) is 38.7. The third kappa shape index (κ3) is 3.63. The Bertz CT molecular complexity index is 926. The van der Waals surface area contributed by atoms with Crippen molar-refractivity contribution in [2.24, 2.45) is 0 Å². The van der Waals surface area contributed by atoms with Crippen LogP contribution in [-0.2, 0) is 15.1 Å². The maximum absolute atomic E-state index is 12.9. The Morgan fingerprint density at radius 2 is 1.79 bits per heavy atom. The van der Waals surface area contributed by atoms with Crippen molar-refractivity contribution in [1.82, 2.24) is 15.5 Å². The van der Waals surface area contributed by atoms with Gasteiger partial charge in [0, 0.05) is 0 Å². The SMILES string of the molecule is Cc1ccc([C@@H](C)NC(=O)CN2C(=O)N[C@@](C)(c3ccccc3)C2=O)cc1C. The van der Waals surface area contributed by atoms with Crippen LogP contribution < -0.4 is 10.6 Å². The molecule has 0 aliphatic carbocycles. The molecule has 1 heterocycles. The fourth-order valence-electron chi connectivity index (χ4n) is 3.36. The number of hydrogen-bond donors (Lipinski definition) is 2. The molecule has 146 valence electrons. The average molecular weight is 379 g/mol. The fourth-order valence-corrected chi connectivity index (χ4v) is 3.36. The third-order valence-electron chi connectivity index (χ3n) is 5.34. The van der Waals surface area contributed by atoms with Crippen molar-refractivity contribution in [3.63, 3.8) is 0 Å². The minimum atomic E-state index is -1.17. The Balaban J connectivity index is 1.69. The van der Waals surface area contributed by atoms with Crippen LogP contribution in [0.3, 0.4) is 0 Å². The van der Waals surface area contributed by atoms with Crippen LogP contribution in [0.4, 0.5) is 4.79 Å². The highest BCUT2D eigenvalue weighted by Gasteiger charge is 2.49. The predicted molar refractivity (Wildman–Crippen MR) is 107 cm³/mol. The van der Waals surface area contributed by atoms with E-state index in [-0.39, 0.29) is 18.5 Å². The van der Waals surface area contributed by atoms with Gasteiger partial charge in [-0.05, 0) is 49.9 Å². The summed E-state index contributed by atoms with van der Waals surface area (Å²) in [5.41, 5.74) is 2.81. The number of carbonyl (C=O) groups is 3. The Morgan fingerprint density at radius 1 is 1.11 bits per heavy atom. The maximum atomic E-state index is 12.9. The van der Waals surface area contributed by atoms with Crippen LogP contribution in [0.5, 0.6) is 0 Å². The molecule has 0 aromatic heterocycles. The van der Waals surface area contributed by atoms with Crippen LogP contribution in [0.25, 0.3) is 0 Å². The highest BCUT2D eigenvalue weighted by atomic mass is 16.2. The number of nitrogens with zero attached hydrogens (tertiary/aromatic N) is 1. The summed E-state index contributed by atoms with van der Waals surface area (Å²) in [6, 6.07) is 14.2. The molecule has 2 aromatic carbocycles. The van der Waals surface area contributed by atoms with Crippen LogP contribution in [0.1, 0.15) is 42.1 Å². The van der Waals surface area contributed by atoms with Gasteiger partial charge in [-0.2, -0.15) is 0 Å². The van der Waals surface area contributed by atoms with Gasteiger partial charge in [-0.25, -0.2) is 4.79 Å². The number of carbonyl (C=O) groups excluding carboxylic acids is 3. The Kier molecular flexibility index (Phi) is 5.23. The molecular formula is C22H25N3O3. The van der Waals surface area contributed by atoms with E-state index in [1.807, 2.05) is 45.0 Å². The first kappa shape index (κ1) is 19.6. The molecule has 2 aromatic rings. The first-order chi connectivity index (χ1) is 13.2. The normalized spacial score (nSPS) is 20.1. The van der Waals surface area contributed by atoms with Crippen LogP contribution in [0, 0.1) is 13.8 Å². The molecule has 1 aliphatic heterocycles. The molecule has 1 saturated heterocycles. The van der Waals surface area contributed by atoms with Gasteiger partial charge in [-0.1, -0.05) is 48.5 Å². The van der Waals surface area contributed by atoms with Crippen molar-refractivity contribution in [1.29, 1.82) is 0 Å². The monoisotopic (exact) mass is 379 g/mol. The Labute approximate surface area is 164 Å². The first-order valence-corrected chi connectivity index (χ1v) is 9.28. The van der Waals surface area contributed by atoms with E-state index >= 15 is 0 Å². The van der Waals surface area contributed by atoms with Gasteiger partial charge in [-0.15, -0.1) is 0 Å². The maximum Gasteiger partial charge on any atom is 0.325 e. The highest BCUT2D eigenvalue weighted by molar-refractivity contribution is 6.09. The van der Waals surface area contributed by atoms with E-state index in [9.17, 15) is 14.4 Å². The average Bonchev–Trinajstić information content (AvgIpc) is 2.88. The number of benzene rings is 2. The molecule has 0 spiro atoms. The van der Waals surface area contributed by atoms with E-state index in [1.165, 1.54) is 5.56 Å². The van der Waals surface area contributed by atoms with Gasteiger partial charge in [0.25, 0.3) is 5.91 Å². The summed E-state index contributed by atoms with van der Waals surface area (Å²) >= 11 is 0. The van der Waals surface area contributed by atoms with Crippen LogP contribution in [-0.4, -0.2) is 29.3 Å². The minimum Gasteiger partial charge on any atom is -0.348 e. The van der Waals surface area contributed by atoms with E-state index < -0.39 is 17.5 Å². The van der Waals surface area contributed by atoms with E-state index in [1.54, 1.807) is 31.2 Å². The van der Waals surface area contributed by atoms with Crippen LogP contribution in [0.15, 0.2) is 48.5 Å². The summed E-state index contributed by atoms with van der Waals surface area (Å²) in [7, 11) is 0. The zero-order valence-electron chi connectivity index (χ0n) is 16.6. The number of rotatable bonds is 5. The van der Waals surface area contributed by atoms with Crippen molar-refractivity contribution in [3.05, 3.63) is 70.8 Å². The second kappa shape index (κ2) is 7.46. The highest BCUT2D eigenvalue weighted by Crippen LogP contribution is 2.28. The second-order valence-electron chi connectivity index (χ2n) is 7.45. The molecule has 6 heteroatoms. The summed E-state index contributed by atoms with van der Waals surface area (Å²) in [6.45, 7) is 7.26. The predicted octanol–water partition coefficient (Wildman–Crippen LogP) is 2.95. The molecule has 0 radical (unpaired) electrons.